The Hall–Kier alpha value is -1.84. The van der Waals surface area contributed by atoms with E-state index < -0.39 is 0 Å². The molecule has 0 radical (unpaired) electrons. The third kappa shape index (κ3) is 22.3. The van der Waals surface area contributed by atoms with Crippen LogP contribution in [-0.2, 0) is 4.79 Å². The van der Waals surface area contributed by atoms with Crippen molar-refractivity contribution in [3.8, 4) is 0 Å². The predicted octanol–water partition coefficient (Wildman–Crippen LogP) is 7.64. The van der Waals surface area contributed by atoms with E-state index in [1.807, 2.05) is 91.8 Å². The minimum Gasteiger partial charge on any atom is -0.318 e. The van der Waals surface area contributed by atoms with Gasteiger partial charge in [0, 0.05) is 14.1 Å². The van der Waals surface area contributed by atoms with E-state index in [0.717, 1.165) is 4.90 Å². The minimum atomic E-state index is -0.222. The van der Waals surface area contributed by atoms with Gasteiger partial charge in [0.1, 0.15) is 6.54 Å². The first-order valence-electron chi connectivity index (χ1n) is 11.6. The van der Waals surface area contributed by atoms with Gasteiger partial charge in [-0.25, -0.2) is 4.79 Å². The number of amides is 3. The number of urea groups is 1. The molecular weight excluding hydrogens is 360 g/mol. The topological polar surface area (TPSA) is 40.6 Å². The summed E-state index contributed by atoms with van der Waals surface area (Å²) in [7, 11) is 3.08. The van der Waals surface area contributed by atoms with Crippen LogP contribution >= 0.6 is 0 Å². The average molecular weight is 411 g/mol. The molecule has 2 aliphatic rings. The highest BCUT2D eigenvalue weighted by molar-refractivity contribution is 6.01. The molecular formula is C25H50N2O2. The number of carbonyl (C=O) groups excluding carboxylic acids is 2. The standard InChI is InChI=1S/C6H12.C6H6.C5H8N2O2.4C2H6/c2*1-2-4-6-5-3-1;1-6-3-4(8)7(2)5(6)9;4*1-2/h1-6H2;1-6H;3H2,1-2H3;4*1-2H3. The molecule has 1 aromatic rings. The number of hydrogen-bond donors (Lipinski definition) is 0. The molecule has 1 heterocycles. The van der Waals surface area contributed by atoms with Gasteiger partial charge in [0.15, 0.2) is 0 Å². The van der Waals surface area contributed by atoms with Gasteiger partial charge in [-0.2, -0.15) is 0 Å². The van der Waals surface area contributed by atoms with Crippen molar-refractivity contribution in [3.05, 3.63) is 36.4 Å². The van der Waals surface area contributed by atoms with E-state index >= 15 is 0 Å². The summed E-state index contributed by atoms with van der Waals surface area (Å²) in [6, 6.07) is 11.8. The molecule has 0 N–H and O–H groups in total. The highest BCUT2D eigenvalue weighted by Gasteiger charge is 2.29. The average Bonchev–Trinajstić information content (AvgIpc) is 3.07. The van der Waals surface area contributed by atoms with Crippen LogP contribution in [0.5, 0.6) is 0 Å². The van der Waals surface area contributed by atoms with Crippen LogP contribution in [-0.4, -0.2) is 42.4 Å². The zero-order valence-corrected chi connectivity index (χ0v) is 21.1. The molecule has 1 aliphatic carbocycles. The van der Waals surface area contributed by atoms with Crippen molar-refractivity contribution in [1.29, 1.82) is 0 Å². The fourth-order valence-electron chi connectivity index (χ4n) is 2.18. The van der Waals surface area contributed by atoms with Crippen LogP contribution in [0.1, 0.15) is 93.9 Å². The Kier molecular flexibility index (Phi) is 36.9. The van der Waals surface area contributed by atoms with Crippen LogP contribution in [0, 0.1) is 0 Å². The Morgan fingerprint density at radius 2 is 0.793 bits per heavy atom. The Bertz CT molecular complexity index is 380. The van der Waals surface area contributed by atoms with E-state index in [9.17, 15) is 9.59 Å². The molecule has 29 heavy (non-hydrogen) atoms. The van der Waals surface area contributed by atoms with Crippen molar-refractivity contribution in [2.24, 2.45) is 0 Å². The molecule has 3 amide bonds. The molecule has 0 bridgehead atoms. The van der Waals surface area contributed by atoms with Crippen LogP contribution in [0.4, 0.5) is 4.79 Å². The van der Waals surface area contributed by atoms with Gasteiger partial charge in [-0.1, -0.05) is 130 Å². The Labute approximate surface area is 182 Å². The summed E-state index contributed by atoms with van der Waals surface area (Å²) in [5.41, 5.74) is 0. The molecule has 172 valence electrons. The van der Waals surface area contributed by atoms with E-state index in [4.69, 9.17) is 0 Å². The normalized spacial score (nSPS) is 13.6. The van der Waals surface area contributed by atoms with Crippen LogP contribution < -0.4 is 0 Å². The van der Waals surface area contributed by atoms with Crippen LogP contribution in [0.3, 0.4) is 0 Å². The first kappa shape index (κ1) is 34.7. The molecule has 3 rings (SSSR count). The number of benzene rings is 1. The quantitative estimate of drug-likeness (QED) is 0.412. The number of likely N-dealkylation sites (N-methyl/N-ethyl adjacent to an activating group) is 2. The summed E-state index contributed by atoms with van der Waals surface area (Å²) in [4.78, 5) is 23.9. The molecule has 0 atom stereocenters. The van der Waals surface area contributed by atoms with E-state index in [-0.39, 0.29) is 18.5 Å². The van der Waals surface area contributed by atoms with E-state index in [2.05, 4.69) is 0 Å². The summed E-state index contributed by atoms with van der Waals surface area (Å²) in [5, 5.41) is 0. The van der Waals surface area contributed by atoms with E-state index in [0.29, 0.717) is 0 Å². The lowest BCUT2D eigenvalue weighted by Gasteiger charge is -2.05. The van der Waals surface area contributed by atoms with Gasteiger partial charge in [0.2, 0.25) is 5.91 Å². The molecule has 0 aromatic heterocycles. The first-order chi connectivity index (χ1) is 14.1. The summed E-state index contributed by atoms with van der Waals surface area (Å²) >= 11 is 0. The highest BCUT2D eigenvalue weighted by atomic mass is 16.2. The summed E-state index contributed by atoms with van der Waals surface area (Å²) in [6.45, 7) is 16.2. The van der Waals surface area contributed by atoms with Gasteiger partial charge in [0.05, 0.1) is 0 Å². The molecule has 4 heteroatoms. The number of nitrogens with zero attached hydrogens (tertiary/aromatic N) is 2. The number of imide groups is 1. The van der Waals surface area contributed by atoms with Gasteiger partial charge < -0.3 is 4.90 Å². The largest absolute Gasteiger partial charge is 0.326 e. The lowest BCUT2D eigenvalue weighted by Crippen LogP contribution is -2.27. The van der Waals surface area contributed by atoms with Crippen molar-refractivity contribution >= 4 is 11.9 Å². The van der Waals surface area contributed by atoms with Gasteiger partial charge >= 0.3 is 6.03 Å². The maximum absolute atomic E-state index is 10.7. The molecule has 1 saturated carbocycles. The summed E-state index contributed by atoms with van der Waals surface area (Å²) in [6.07, 6.45) is 9.00. The minimum absolute atomic E-state index is 0.137. The second-order valence-corrected chi connectivity index (χ2v) is 5.37. The van der Waals surface area contributed by atoms with Crippen molar-refractivity contribution < 1.29 is 9.59 Å². The fraction of sp³-hybridized carbons (Fsp3) is 0.680. The van der Waals surface area contributed by atoms with Crippen molar-refractivity contribution in [1.82, 2.24) is 9.80 Å². The second-order valence-electron chi connectivity index (χ2n) is 5.37. The third-order valence-electron chi connectivity index (χ3n) is 3.53. The molecule has 0 spiro atoms. The highest BCUT2D eigenvalue weighted by Crippen LogP contribution is 2.15. The van der Waals surface area contributed by atoms with Gasteiger partial charge in [-0.05, 0) is 0 Å². The number of rotatable bonds is 0. The van der Waals surface area contributed by atoms with Crippen molar-refractivity contribution in [2.45, 2.75) is 93.9 Å². The van der Waals surface area contributed by atoms with Crippen molar-refractivity contribution in [2.75, 3.05) is 20.6 Å². The van der Waals surface area contributed by atoms with E-state index in [1.165, 1.54) is 50.5 Å². The van der Waals surface area contributed by atoms with E-state index in [1.54, 1.807) is 7.05 Å². The molecule has 2 fully saturated rings. The maximum Gasteiger partial charge on any atom is 0.326 e. The molecule has 4 nitrogen and oxygen atoms in total. The zero-order chi connectivity index (χ0) is 23.5. The third-order valence-corrected chi connectivity index (χ3v) is 3.53. The first-order valence-corrected chi connectivity index (χ1v) is 11.6. The monoisotopic (exact) mass is 410 g/mol. The molecule has 0 unspecified atom stereocenters. The molecule has 1 aliphatic heterocycles. The summed E-state index contributed by atoms with van der Waals surface area (Å²) < 4.78 is 0. The van der Waals surface area contributed by atoms with Crippen LogP contribution in [0.15, 0.2) is 36.4 Å². The molecule has 1 saturated heterocycles. The summed E-state index contributed by atoms with van der Waals surface area (Å²) in [5.74, 6) is -0.137. The van der Waals surface area contributed by atoms with Gasteiger partial charge in [-0.15, -0.1) is 0 Å². The Morgan fingerprint density at radius 1 is 0.552 bits per heavy atom. The van der Waals surface area contributed by atoms with Crippen LogP contribution in [0.25, 0.3) is 0 Å². The predicted molar refractivity (Wildman–Crippen MR) is 130 cm³/mol. The lowest BCUT2D eigenvalue weighted by atomic mass is 10.0. The maximum atomic E-state index is 10.7. The number of carbonyl (C=O) groups is 2. The molecule has 1 aromatic carbocycles. The Balaban J connectivity index is -0.000000140. The number of hydrogen-bond acceptors (Lipinski definition) is 2. The smallest absolute Gasteiger partial charge is 0.318 e. The zero-order valence-electron chi connectivity index (χ0n) is 21.1. The second kappa shape index (κ2) is 30.9. The van der Waals surface area contributed by atoms with Gasteiger partial charge in [0.25, 0.3) is 0 Å². The SMILES string of the molecule is C1CCCCC1.CC.CC.CC.CC.CN1CC(=O)N(C)C1=O.c1ccccc1. The van der Waals surface area contributed by atoms with Crippen molar-refractivity contribution in [3.63, 3.8) is 0 Å². The van der Waals surface area contributed by atoms with Gasteiger partial charge in [-0.3, -0.25) is 9.69 Å². The Morgan fingerprint density at radius 3 is 0.897 bits per heavy atom. The van der Waals surface area contributed by atoms with Crippen LogP contribution in [0.2, 0.25) is 0 Å². The fourth-order valence-corrected chi connectivity index (χ4v) is 2.18. The lowest BCUT2D eigenvalue weighted by molar-refractivity contribution is -0.124.